The molecule has 0 bridgehead atoms. The van der Waals surface area contributed by atoms with Crippen LogP contribution in [0.5, 0.6) is 0 Å². The number of piperidine rings is 1. The number of carbonyl (C=O) groups excluding carboxylic acids is 3. The summed E-state index contributed by atoms with van der Waals surface area (Å²) in [4.78, 5) is 42.8. The first-order chi connectivity index (χ1) is 19.0. The number of hydrogen-bond donors (Lipinski definition) is 4. The normalized spacial score (nSPS) is 16.9. The van der Waals surface area contributed by atoms with Crippen LogP contribution in [0.4, 0.5) is 16.3 Å². The lowest BCUT2D eigenvalue weighted by atomic mass is 10.0. The summed E-state index contributed by atoms with van der Waals surface area (Å²) in [5, 5.41) is 16.6. The first-order valence-electron chi connectivity index (χ1n) is 13.1. The number of rotatable bonds is 5. The van der Waals surface area contributed by atoms with E-state index in [2.05, 4.69) is 38.1 Å². The number of hydrogen-bond acceptors (Lipinski definition) is 5. The molecule has 1 fully saturated rings. The van der Waals surface area contributed by atoms with Crippen LogP contribution in [0.1, 0.15) is 58.7 Å². The fourth-order valence-corrected chi connectivity index (χ4v) is 5.60. The Hall–Kier alpha value is -3.60. The summed E-state index contributed by atoms with van der Waals surface area (Å²) in [6.07, 6.45) is 1.83. The van der Waals surface area contributed by atoms with Gasteiger partial charge in [0.15, 0.2) is 5.82 Å². The molecule has 4 amide bonds. The van der Waals surface area contributed by atoms with Crippen molar-refractivity contribution in [3.05, 3.63) is 74.9 Å². The summed E-state index contributed by atoms with van der Waals surface area (Å²) >= 11 is 12.5. The predicted molar refractivity (Wildman–Crippen MR) is 155 cm³/mol. The second-order valence-corrected chi connectivity index (χ2v) is 11.5. The van der Waals surface area contributed by atoms with E-state index in [1.54, 1.807) is 47.4 Å². The number of benzene rings is 2. The minimum atomic E-state index is -0.744. The Morgan fingerprint density at radius 3 is 2.17 bits per heavy atom. The molecule has 0 radical (unpaired) electrons. The molecular formula is C28H31Cl2N7O3. The van der Waals surface area contributed by atoms with E-state index in [-0.39, 0.29) is 24.4 Å². The van der Waals surface area contributed by atoms with Gasteiger partial charge >= 0.3 is 6.03 Å². The number of nitrogens with zero attached hydrogens (tertiary/aromatic N) is 3. The second kappa shape index (κ2) is 11.1. The zero-order valence-electron chi connectivity index (χ0n) is 22.5. The molecule has 0 unspecified atom stereocenters. The highest BCUT2D eigenvalue weighted by molar-refractivity contribution is 6.39. The number of para-hydroxylation sites is 1. The third-order valence-electron chi connectivity index (χ3n) is 7.60. The molecule has 0 saturated carbocycles. The minimum absolute atomic E-state index is 0.148. The Morgan fingerprint density at radius 1 is 0.950 bits per heavy atom. The number of H-pyrrole nitrogens is 1. The zero-order chi connectivity index (χ0) is 28.6. The van der Waals surface area contributed by atoms with Gasteiger partial charge < -0.3 is 25.8 Å². The van der Waals surface area contributed by atoms with E-state index in [0.29, 0.717) is 43.9 Å². The molecule has 3 heterocycles. The molecule has 40 heavy (non-hydrogen) atoms. The second-order valence-electron chi connectivity index (χ2n) is 10.7. The van der Waals surface area contributed by atoms with Crippen LogP contribution in [0.15, 0.2) is 42.5 Å². The van der Waals surface area contributed by atoms with Crippen molar-refractivity contribution >= 4 is 52.6 Å². The summed E-state index contributed by atoms with van der Waals surface area (Å²) in [5.74, 6) is -0.186. The standard InChI is InChI=1S/C28H31Cl2N7O3/c1-28(2)23-19(15-37(28)27(40)32-22-20(29)5-4-6-21(22)30)24(35-34-23)33-26(39)17-9-7-16(8-10-17)25(38)31-18-11-13-36(3)14-12-18/h4-10,18H,11-15H2,1-3H3,(H,31,38)(H,32,40)(H2,33,34,35,39). The van der Waals surface area contributed by atoms with Crippen molar-refractivity contribution in [3.63, 3.8) is 0 Å². The molecule has 0 aliphatic carbocycles. The van der Waals surface area contributed by atoms with Crippen LogP contribution in [0.3, 0.4) is 0 Å². The lowest BCUT2D eigenvalue weighted by Gasteiger charge is -2.32. The predicted octanol–water partition coefficient (Wildman–Crippen LogP) is 5.08. The SMILES string of the molecule is CN1CCC(NC(=O)c2ccc(C(=O)Nc3n[nH]c4c3CN(C(=O)Nc3c(Cl)cccc3Cl)C4(C)C)cc2)CC1. The van der Waals surface area contributed by atoms with Crippen molar-refractivity contribution in [2.75, 3.05) is 30.8 Å². The number of fused-ring (bicyclic) bond motifs is 1. The van der Waals surface area contributed by atoms with Crippen LogP contribution < -0.4 is 16.0 Å². The van der Waals surface area contributed by atoms with Crippen molar-refractivity contribution in [2.45, 2.75) is 44.8 Å². The van der Waals surface area contributed by atoms with Gasteiger partial charge in [0.2, 0.25) is 0 Å². The quantitative estimate of drug-likeness (QED) is 0.334. The summed E-state index contributed by atoms with van der Waals surface area (Å²) in [5.41, 5.74) is 1.88. The Morgan fingerprint density at radius 2 is 1.55 bits per heavy atom. The monoisotopic (exact) mass is 583 g/mol. The van der Waals surface area contributed by atoms with Gasteiger partial charge in [0.25, 0.3) is 11.8 Å². The summed E-state index contributed by atoms with van der Waals surface area (Å²) in [7, 11) is 2.07. The molecule has 1 aromatic heterocycles. The molecule has 12 heteroatoms. The molecule has 3 aromatic rings. The van der Waals surface area contributed by atoms with Crippen LogP contribution >= 0.6 is 23.2 Å². The van der Waals surface area contributed by atoms with Crippen molar-refractivity contribution in [3.8, 4) is 0 Å². The number of carbonyl (C=O) groups is 3. The average molecular weight is 585 g/mol. The molecule has 10 nitrogen and oxygen atoms in total. The van der Waals surface area contributed by atoms with Gasteiger partial charge in [-0.15, -0.1) is 0 Å². The number of amides is 4. The fourth-order valence-electron chi connectivity index (χ4n) is 5.11. The zero-order valence-corrected chi connectivity index (χ0v) is 24.0. The highest BCUT2D eigenvalue weighted by Crippen LogP contribution is 2.41. The molecular weight excluding hydrogens is 553 g/mol. The molecule has 4 N–H and O–H groups in total. The maximum absolute atomic E-state index is 13.2. The van der Waals surface area contributed by atoms with Crippen molar-refractivity contribution in [1.29, 1.82) is 0 Å². The first kappa shape index (κ1) is 27.9. The minimum Gasteiger partial charge on any atom is -0.349 e. The molecule has 5 rings (SSSR count). The molecule has 2 aliphatic heterocycles. The van der Waals surface area contributed by atoms with Gasteiger partial charge in [0.1, 0.15) is 0 Å². The van der Waals surface area contributed by atoms with Gasteiger partial charge in [0, 0.05) is 22.7 Å². The highest BCUT2D eigenvalue weighted by Gasteiger charge is 2.44. The Labute approximate surface area is 242 Å². The fraction of sp³-hybridized carbons (Fsp3) is 0.357. The summed E-state index contributed by atoms with van der Waals surface area (Å²) < 4.78 is 0. The average Bonchev–Trinajstić information content (AvgIpc) is 3.45. The van der Waals surface area contributed by atoms with Gasteiger partial charge in [0.05, 0.1) is 33.5 Å². The van der Waals surface area contributed by atoms with Gasteiger partial charge in [-0.1, -0.05) is 29.3 Å². The molecule has 0 atom stereocenters. The van der Waals surface area contributed by atoms with Gasteiger partial charge in [-0.25, -0.2) is 4.79 Å². The lowest BCUT2D eigenvalue weighted by molar-refractivity contribution is 0.0915. The van der Waals surface area contributed by atoms with Gasteiger partial charge in [-0.3, -0.25) is 14.7 Å². The van der Waals surface area contributed by atoms with Crippen molar-refractivity contribution < 1.29 is 14.4 Å². The number of anilines is 2. The number of aromatic nitrogens is 2. The third kappa shape index (κ3) is 5.52. The number of aromatic amines is 1. The number of urea groups is 1. The van der Waals surface area contributed by atoms with Crippen LogP contribution in [-0.4, -0.2) is 64.0 Å². The van der Waals surface area contributed by atoms with Crippen LogP contribution in [0.2, 0.25) is 10.0 Å². The van der Waals surface area contributed by atoms with E-state index in [1.165, 1.54) is 0 Å². The Kier molecular flexibility index (Phi) is 7.76. The topological polar surface area (TPSA) is 122 Å². The molecule has 2 aliphatic rings. The smallest absolute Gasteiger partial charge is 0.323 e. The van der Waals surface area contributed by atoms with E-state index in [9.17, 15) is 14.4 Å². The molecule has 2 aromatic carbocycles. The van der Waals surface area contributed by atoms with Crippen molar-refractivity contribution in [1.82, 2.24) is 25.3 Å². The van der Waals surface area contributed by atoms with Gasteiger partial charge in [-0.2, -0.15) is 5.10 Å². The molecule has 0 spiro atoms. The molecule has 1 saturated heterocycles. The van der Waals surface area contributed by atoms with E-state index in [0.717, 1.165) is 25.9 Å². The van der Waals surface area contributed by atoms with E-state index >= 15 is 0 Å². The first-order valence-corrected chi connectivity index (χ1v) is 13.8. The number of likely N-dealkylation sites (tertiary alicyclic amines) is 1. The number of halogens is 2. The number of nitrogens with one attached hydrogen (secondary N) is 4. The van der Waals surface area contributed by atoms with Gasteiger partial charge in [-0.05, 0) is 83.2 Å². The Balaban J connectivity index is 1.24. The maximum atomic E-state index is 13.2. The molecule has 210 valence electrons. The van der Waals surface area contributed by atoms with E-state index in [1.807, 2.05) is 13.8 Å². The van der Waals surface area contributed by atoms with Crippen LogP contribution in [0.25, 0.3) is 0 Å². The maximum Gasteiger partial charge on any atom is 0.323 e. The van der Waals surface area contributed by atoms with Crippen molar-refractivity contribution in [2.24, 2.45) is 0 Å². The Bertz CT molecular complexity index is 1430. The van der Waals surface area contributed by atoms with Crippen LogP contribution in [-0.2, 0) is 12.1 Å². The summed E-state index contributed by atoms with van der Waals surface area (Å²) in [6, 6.07) is 11.3. The van der Waals surface area contributed by atoms with E-state index in [4.69, 9.17) is 23.2 Å². The van der Waals surface area contributed by atoms with E-state index < -0.39 is 11.6 Å². The lowest BCUT2D eigenvalue weighted by Crippen LogP contribution is -2.43. The summed E-state index contributed by atoms with van der Waals surface area (Å²) in [6.45, 7) is 5.88. The third-order valence-corrected chi connectivity index (χ3v) is 8.23. The highest BCUT2D eigenvalue weighted by atomic mass is 35.5. The largest absolute Gasteiger partial charge is 0.349 e. The van der Waals surface area contributed by atoms with Crippen LogP contribution in [0, 0.1) is 0 Å².